The quantitative estimate of drug-likeness (QED) is 0.600. The van der Waals surface area contributed by atoms with Gasteiger partial charge in [0.25, 0.3) is 5.91 Å². The second kappa shape index (κ2) is 9.54. The number of aromatic nitrogens is 1. The van der Waals surface area contributed by atoms with Crippen LogP contribution in [-0.2, 0) is 6.42 Å². The van der Waals surface area contributed by atoms with Crippen molar-refractivity contribution < 1.29 is 18.7 Å². The number of anilines is 2. The van der Waals surface area contributed by atoms with Crippen molar-refractivity contribution in [2.45, 2.75) is 6.42 Å². The van der Waals surface area contributed by atoms with Gasteiger partial charge >= 0.3 is 0 Å². The van der Waals surface area contributed by atoms with Crippen molar-refractivity contribution in [3.63, 3.8) is 0 Å². The predicted octanol–water partition coefficient (Wildman–Crippen LogP) is 4.14. The van der Waals surface area contributed by atoms with Gasteiger partial charge in [-0.3, -0.25) is 4.79 Å². The summed E-state index contributed by atoms with van der Waals surface area (Å²) in [5, 5.41) is 6.00. The van der Waals surface area contributed by atoms with E-state index in [1.54, 1.807) is 42.6 Å². The Morgan fingerprint density at radius 3 is 2.41 bits per heavy atom. The van der Waals surface area contributed by atoms with Gasteiger partial charge in [-0.2, -0.15) is 0 Å². The van der Waals surface area contributed by atoms with Crippen LogP contribution in [0.1, 0.15) is 15.9 Å². The SMILES string of the molecule is COc1ccc(C(=O)Nc2ccc(NCCc3ccc(F)cc3)cn2)cc1OC. The average molecular weight is 395 g/mol. The molecular formula is C22H22FN3O3. The van der Waals surface area contributed by atoms with Crippen molar-refractivity contribution in [1.29, 1.82) is 0 Å². The highest BCUT2D eigenvalue weighted by molar-refractivity contribution is 6.04. The lowest BCUT2D eigenvalue weighted by molar-refractivity contribution is 0.102. The number of ether oxygens (including phenoxy) is 2. The molecule has 0 aliphatic carbocycles. The van der Waals surface area contributed by atoms with Gasteiger partial charge in [-0.1, -0.05) is 12.1 Å². The van der Waals surface area contributed by atoms with E-state index in [1.807, 2.05) is 6.07 Å². The first-order chi connectivity index (χ1) is 14.1. The Balaban J connectivity index is 1.54. The van der Waals surface area contributed by atoms with Crippen LogP contribution in [0.2, 0.25) is 0 Å². The second-order valence-electron chi connectivity index (χ2n) is 6.26. The zero-order valence-corrected chi connectivity index (χ0v) is 16.2. The standard InChI is InChI=1S/C22H22FN3O3/c1-28-19-9-5-16(13-20(19)29-2)22(27)26-21-10-8-18(14-25-21)24-12-11-15-3-6-17(23)7-4-15/h3-10,13-14,24H,11-12H2,1-2H3,(H,25,26,27). The predicted molar refractivity (Wildman–Crippen MR) is 110 cm³/mol. The molecule has 0 unspecified atom stereocenters. The molecular weight excluding hydrogens is 373 g/mol. The lowest BCUT2D eigenvalue weighted by atomic mass is 10.1. The summed E-state index contributed by atoms with van der Waals surface area (Å²) in [7, 11) is 3.06. The van der Waals surface area contributed by atoms with E-state index < -0.39 is 0 Å². The largest absolute Gasteiger partial charge is 0.493 e. The number of methoxy groups -OCH3 is 2. The Morgan fingerprint density at radius 1 is 1.00 bits per heavy atom. The molecule has 0 aliphatic heterocycles. The van der Waals surface area contributed by atoms with Gasteiger partial charge in [0.2, 0.25) is 0 Å². The number of hydrogen-bond donors (Lipinski definition) is 2. The van der Waals surface area contributed by atoms with Gasteiger partial charge < -0.3 is 20.1 Å². The highest BCUT2D eigenvalue weighted by Crippen LogP contribution is 2.27. The number of nitrogens with one attached hydrogen (secondary N) is 2. The minimum absolute atomic E-state index is 0.239. The van der Waals surface area contributed by atoms with Crippen molar-refractivity contribution in [1.82, 2.24) is 4.98 Å². The second-order valence-corrected chi connectivity index (χ2v) is 6.26. The molecule has 150 valence electrons. The summed E-state index contributed by atoms with van der Waals surface area (Å²) in [6, 6.07) is 14.9. The topological polar surface area (TPSA) is 72.5 Å². The van der Waals surface area contributed by atoms with Gasteiger partial charge in [-0.05, 0) is 54.4 Å². The molecule has 0 bridgehead atoms. The van der Waals surface area contributed by atoms with Crippen LogP contribution < -0.4 is 20.1 Å². The Morgan fingerprint density at radius 2 is 1.76 bits per heavy atom. The minimum atomic E-state index is -0.296. The zero-order chi connectivity index (χ0) is 20.6. The van der Waals surface area contributed by atoms with Crippen LogP contribution in [0, 0.1) is 5.82 Å². The molecule has 1 aromatic heterocycles. The molecule has 0 saturated heterocycles. The van der Waals surface area contributed by atoms with Gasteiger partial charge in [0, 0.05) is 12.1 Å². The Labute approximate surface area is 168 Å². The number of rotatable bonds is 8. The summed E-state index contributed by atoms with van der Waals surface area (Å²) in [5.74, 6) is 0.938. The molecule has 29 heavy (non-hydrogen) atoms. The van der Waals surface area contributed by atoms with E-state index in [1.165, 1.54) is 26.4 Å². The normalized spacial score (nSPS) is 10.3. The van der Waals surface area contributed by atoms with Crippen molar-refractivity contribution in [2.75, 3.05) is 31.4 Å². The molecule has 1 heterocycles. The van der Waals surface area contributed by atoms with Crippen LogP contribution in [0.3, 0.4) is 0 Å². The minimum Gasteiger partial charge on any atom is -0.493 e. The lowest BCUT2D eigenvalue weighted by Crippen LogP contribution is -2.13. The van der Waals surface area contributed by atoms with Crippen LogP contribution in [0.5, 0.6) is 11.5 Å². The molecule has 0 fully saturated rings. The van der Waals surface area contributed by atoms with Crippen LogP contribution in [0.4, 0.5) is 15.9 Å². The summed E-state index contributed by atoms with van der Waals surface area (Å²) in [5.41, 5.74) is 2.31. The van der Waals surface area contributed by atoms with E-state index in [9.17, 15) is 9.18 Å². The summed E-state index contributed by atoms with van der Waals surface area (Å²) in [4.78, 5) is 16.7. The van der Waals surface area contributed by atoms with E-state index in [0.29, 0.717) is 29.4 Å². The molecule has 3 aromatic rings. The maximum Gasteiger partial charge on any atom is 0.256 e. The van der Waals surface area contributed by atoms with Gasteiger partial charge in [-0.25, -0.2) is 9.37 Å². The number of hydrogen-bond acceptors (Lipinski definition) is 5. The molecule has 1 amide bonds. The van der Waals surface area contributed by atoms with Crippen LogP contribution in [0.25, 0.3) is 0 Å². The number of carbonyl (C=O) groups is 1. The van der Waals surface area contributed by atoms with Gasteiger partial charge in [0.05, 0.1) is 26.1 Å². The monoisotopic (exact) mass is 395 g/mol. The maximum atomic E-state index is 12.9. The maximum absolute atomic E-state index is 12.9. The Bertz CT molecular complexity index is 960. The summed E-state index contributed by atoms with van der Waals surface area (Å²) < 4.78 is 23.3. The van der Waals surface area contributed by atoms with Gasteiger partial charge in [0.1, 0.15) is 11.6 Å². The zero-order valence-electron chi connectivity index (χ0n) is 16.2. The van der Waals surface area contributed by atoms with Gasteiger partial charge in [-0.15, -0.1) is 0 Å². The van der Waals surface area contributed by atoms with Crippen molar-refractivity contribution in [2.24, 2.45) is 0 Å². The number of halogens is 1. The summed E-state index contributed by atoms with van der Waals surface area (Å²) in [6.07, 6.45) is 2.41. The molecule has 0 saturated carbocycles. The molecule has 2 N–H and O–H groups in total. The smallest absolute Gasteiger partial charge is 0.256 e. The first-order valence-corrected chi connectivity index (χ1v) is 9.07. The van der Waals surface area contributed by atoms with Crippen molar-refractivity contribution in [3.8, 4) is 11.5 Å². The Hall–Kier alpha value is -3.61. The fourth-order valence-electron chi connectivity index (χ4n) is 2.74. The molecule has 0 aliphatic rings. The third kappa shape index (κ3) is 5.44. The number of amides is 1. The first kappa shape index (κ1) is 20.1. The van der Waals surface area contributed by atoms with Crippen molar-refractivity contribution >= 4 is 17.4 Å². The number of carbonyl (C=O) groups excluding carboxylic acids is 1. The molecule has 2 aromatic carbocycles. The summed E-state index contributed by atoms with van der Waals surface area (Å²) in [6.45, 7) is 0.685. The fourth-order valence-corrected chi connectivity index (χ4v) is 2.74. The van der Waals surface area contributed by atoms with E-state index in [2.05, 4.69) is 15.6 Å². The van der Waals surface area contributed by atoms with E-state index in [-0.39, 0.29) is 11.7 Å². The third-order valence-corrected chi connectivity index (χ3v) is 4.31. The first-order valence-electron chi connectivity index (χ1n) is 9.07. The average Bonchev–Trinajstić information content (AvgIpc) is 2.75. The molecule has 0 spiro atoms. The van der Waals surface area contributed by atoms with Crippen LogP contribution in [-0.4, -0.2) is 31.7 Å². The number of benzene rings is 2. The lowest BCUT2D eigenvalue weighted by Gasteiger charge is -2.10. The summed E-state index contributed by atoms with van der Waals surface area (Å²) >= 11 is 0. The molecule has 0 atom stereocenters. The highest BCUT2D eigenvalue weighted by atomic mass is 19.1. The molecule has 7 heteroatoms. The number of nitrogens with zero attached hydrogens (tertiary/aromatic N) is 1. The molecule has 3 rings (SSSR count). The third-order valence-electron chi connectivity index (χ3n) is 4.31. The van der Waals surface area contributed by atoms with Crippen LogP contribution in [0.15, 0.2) is 60.8 Å². The molecule has 0 radical (unpaired) electrons. The molecule has 6 nitrogen and oxygen atoms in total. The van der Waals surface area contributed by atoms with E-state index in [4.69, 9.17) is 9.47 Å². The Kier molecular flexibility index (Phi) is 6.63. The fraction of sp³-hybridized carbons (Fsp3) is 0.182. The van der Waals surface area contributed by atoms with Crippen molar-refractivity contribution in [3.05, 3.63) is 77.7 Å². The van der Waals surface area contributed by atoms with Crippen LogP contribution >= 0.6 is 0 Å². The number of pyridine rings is 1. The highest BCUT2D eigenvalue weighted by Gasteiger charge is 2.11. The van der Waals surface area contributed by atoms with Gasteiger partial charge in [0.15, 0.2) is 11.5 Å². The van der Waals surface area contributed by atoms with E-state index in [0.717, 1.165) is 17.7 Å². The van der Waals surface area contributed by atoms with E-state index >= 15 is 0 Å².